The second-order valence-electron chi connectivity index (χ2n) is 21.7. The molecule has 0 saturated carbocycles. The summed E-state index contributed by atoms with van der Waals surface area (Å²) in [4.78, 5) is 0. The first-order valence-corrected chi connectivity index (χ1v) is 29.1. The third-order valence-corrected chi connectivity index (χ3v) is 11.3. The second-order valence-corrected chi connectivity index (χ2v) is 21.7. The number of hydrogen-bond acceptors (Lipinski definition) is 0. The van der Waals surface area contributed by atoms with Crippen molar-refractivity contribution in [1.82, 2.24) is 0 Å². The van der Waals surface area contributed by atoms with Gasteiger partial charge >= 0.3 is 18.5 Å². The Hall–Kier alpha value is -1.33. The zero-order valence-corrected chi connectivity index (χ0v) is 55.7. The molecular weight excluding hydrogens is 1090 g/mol. The van der Waals surface area contributed by atoms with Gasteiger partial charge in [0, 0.05) is 34.3 Å². The van der Waals surface area contributed by atoms with Crippen LogP contribution in [0.5, 0.6) is 0 Å². The van der Waals surface area contributed by atoms with Crippen molar-refractivity contribution in [3.05, 3.63) is 0 Å². The van der Waals surface area contributed by atoms with Crippen LogP contribution in [0, 0.1) is 46.8 Å². The highest BCUT2D eigenvalue weighted by Gasteiger charge is 2.45. The molecule has 0 rings (SSSR count). The maximum Gasteiger partial charge on any atom is 0.393 e. The lowest BCUT2D eigenvalue weighted by Crippen LogP contribution is -2.30. The van der Waals surface area contributed by atoms with Gasteiger partial charge in [0.1, 0.15) is 0 Å². The van der Waals surface area contributed by atoms with Crippen LogP contribution >= 0.6 is 0 Å². The van der Waals surface area contributed by atoms with Gasteiger partial charge in [-0.25, -0.2) is 39.5 Å². The third-order valence-electron chi connectivity index (χ3n) is 11.3. The Balaban J connectivity index is -0.0000000656. The van der Waals surface area contributed by atoms with Gasteiger partial charge in [-0.05, 0) is 76.5 Å². The fraction of sp³-hybridized carbons (Fsp3) is 1.00. The van der Waals surface area contributed by atoms with Crippen LogP contribution in [0.1, 0.15) is 299 Å². The van der Waals surface area contributed by atoms with Crippen molar-refractivity contribution in [2.45, 2.75) is 345 Å². The summed E-state index contributed by atoms with van der Waals surface area (Å²) in [6, 6.07) is 0. The van der Waals surface area contributed by atoms with Gasteiger partial charge in [0.05, 0.1) is 30.1 Å². The van der Waals surface area contributed by atoms with Crippen LogP contribution in [-0.2, 0) is 0 Å². The van der Waals surface area contributed by atoms with Crippen LogP contribution in [0.15, 0.2) is 0 Å². The Bertz CT molecular complexity index is 1130. The molecule has 0 aliphatic carbocycles. The van der Waals surface area contributed by atoms with Crippen LogP contribution in [0.25, 0.3) is 0 Å². The molecule has 5 unspecified atom stereocenters. The van der Waals surface area contributed by atoms with Crippen molar-refractivity contribution in [3.8, 4) is 0 Å². The van der Waals surface area contributed by atoms with E-state index in [0.29, 0.717) is 25.7 Å². The van der Waals surface area contributed by atoms with Gasteiger partial charge in [-0.3, -0.25) is 4.39 Å². The smallest absolute Gasteiger partial charge is 0.251 e. The van der Waals surface area contributed by atoms with Gasteiger partial charge in [0.2, 0.25) is 24.2 Å². The van der Waals surface area contributed by atoms with Crippen molar-refractivity contribution in [1.29, 1.82) is 0 Å². The Labute approximate surface area is 484 Å². The minimum Gasteiger partial charge on any atom is -0.251 e. The number of halogens is 19. The minimum absolute atomic E-state index is 0.00694. The van der Waals surface area contributed by atoms with Gasteiger partial charge < -0.3 is 0 Å². The number of alkyl halides is 19. The SMILES string of the molecule is CCC(C)(C)C(F)(F)F.CCC(C)C.CCC(C)C.CCC(C)C.CCC(C)C(F)(F)F.CCC(C)C(F)F.CCC(C)CF.CCC(F)(F)CC.CCCC(C)(F)F.CCCC(C)(F)F.CCCC(C)F.[2H]C([2H])(C)C(C)C(F)(F)F. The minimum atomic E-state index is -4.43. The summed E-state index contributed by atoms with van der Waals surface area (Å²) in [5.41, 5.74) is -1.52. The van der Waals surface area contributed by atoms with Crippen molar-refractivity contribution < 1.29 is 86.2 Å². The van der Waals surface area contributed by atoms with Crippen LogP contribution in [0.3, 0.4) is 0 Å². The fourth-order valence-corrected chi connectivity index (χ4v) is 2.41. The lowest BCUT2D eigenvalue weighted by molar-refractivity contribution is -0.212. The summed E-state index contributed by atoms with van der Waals surface area (Å²) in [6.07, 6.45) is -8.93. The zero-order valence-electron chi connectivity index (χ0n) is 57.7. The molecule has 0 bridgehead atoms. The summed E-state index contributed by atoms with van der Waals surface area (Å²) in [7, 11) is 0. The summed E-state index contributed by atoms with van der Waals surface area (Å²) < 4.78 is 235. The van der Waals surface area contributed by atoms with Crippen LogP contribution in [0.2, 0.25) is 0 Å². The Morgan fingerprint density at radius 3 is 0.675 bits per heavy atom. The lowest BCUT2D eigenvalue weighted by Gasteiger charge is -2.25. The molecule has 504 valence electrons. The standard InChI is InChI=1S/C6H11F3.2C5H9F3.4C5H10F2.2C5H11F.3C5H12/c1-4-5(2,3)6(7,8)9;2*1-3-4(2)5(6,7)8;2*1-3-4-5(2,6)7;1-3-5(6,7)4-2;1-3-4(2)5(6)7;1-3-5(2)4-6;1-3-4-5(2)6;3*1-4-5(2)3/h4H2,1-3H3;2*4H,3H2,1-2H3;3*3-4H2,1-2H3;4-5H,3H2,1-2H3;2*5H,3-4H2,1-2H3;3*5H,4H2,1-3H3/i;3D2;;;;;;;;;;. The molecule has 19 heteroatoms. The molecule has 0 N–H and O–H groups in total. The van der Waals surface area contributed by atoms with E-state index >= 15 is 0 Å². The largest absolute Gasteiger partial charge is 0.393 e. The average Bonchev–Trinajstić information content (AvgIpc) is 3.32. The summed E-state index contributed by atoms with van der Waals surface area (Å²) in [5, 5.41) is 0. The molecule has 0 fully saturated rings. The van der Waals surface area contributed by atoms with Gasteiger partial charge in [0.15, 0.2) is 0 Å². The molecule has 0 aliphatic heterocycles. The summed E-state index contributed by atoms with van der Waals surface area (Å²) in [5.74, 6) is -7.88. The summed E-state index contributed by atoms with van der Waals surface area (Å²) >= 11 is 0. The third kappa shape index (κ3) is 123. The van der Waals surface area contributed by atoms with E-state index in [4.69, 9.17) is 2.74 Å². The molecule has 0 aromatic heterocycles. The maximum atomic E-state index is 11.9. The van der Waals surface area contributed by atoms with E-state index in [2.05, 4.69) is 62.3 Å². The molecule has 0 aromatic rings. The quantitative estimate of drug-likeness (QED) is 0.120. The molecular formula is C61H127F19. The normalized spacial score (nSPS) is 13.8. The van der Waals surface area contributed by atoms with Crippen LogP contribution < -0.4 is 0 Å². The van der Waals surface area contributed by atoms with Gasteiger partial charge in [-0.1, -0.05) is 218 Å². The molecule has 5 atom stereocenters. The van der Waals surface area contributed by atoms with E-state index in [1.165, 1.54) is 67.7 Å². The van der Waals surface area contributed by atoms with Crippen molar-refractivity contribution >= 4 is 0 Å². The molecule has 0 aliphatic rings. The predicted octanol–water partition coefficient (Wildman–Crippen LogP) is 28.1. The molecule has 0 heterocycles. The van der Waals surface area contributed by atoms with E-state index < -0.39 is 78.4 Å². The highest BCUT2D eigenvalue weighted by Crippen LogP contribution is 2.39. The zero-order chi connectivity index (χ0) is 69.5. The van der Waals surface area contributed by atoms with Crippen LogP contribution in [0.4, 0.5) is 83.4 Å². The first kappa shape index (κ1) is 101. The van der Waals surface area contributed by atoms with E-state index in [1.54, 1.807) is 34.6 Å². The van der Waals surface area contributed by atoms with Crippen molar-refractivity contribution in [2.24, 2.45) is 46.8 Å². The second kappa shape index (κ2) is 63.7. The molecule has 0 nitrogen and oxygen atoms in total. The van der Waals surface area contributed by atoms with Crippen LogP contribution in [-0.4, -0.2) is 55.6 Å². The average molecular weight is 1220 g/mol. The van der Waals surface area contributed by atoms with Crippen molar-refractivity contribution in [3.63, 3.8) is 0 Å². The molecule has 0 spiro atoms. The Morgan fingerprint density at radius 2 is 0.675 bits per heavy atom. The van der Waals surface area contributed by atoms with E-state index in [0.717, 1.165) is 58.3 Å². The highest BCUT2D eigenvalue weighted by atomic mass is 19.4. The molecule has 0 aromatic carbocycles. The fourth-order valence-electron chi connectivity index (χ4n) is 2.41. The first-order chi connectivity index (χ1) is 36.3. The van der Waals surface area contributed by atoms with Crippen molar-refractivity contribution in [2.75, 3.05) is 6.67 Å². The van der Waals surface area contributed by atoms with Gasteiger partial charge in [0.25, 0.3) is 0 Å². The van der Waals surface area contributed by atoms with Gasteiger partial charge in [-0.2, -0.15) is 39.5 Å². The summed E-state index contributed by atoms with van der Waals surface area (Å²) in [6.45, 7) is 47.3. The van der Waals surface area contributed by atoms with Gasteiger partial charge in [-0.15, -0.1) is 0 Å². The first-order valence-electron chi connectivity index (χ1n) is 30.1. The Morgan fingerprint density at radius 1 is 0.388 bits per heavy atom. The topological polar surface area (TPSA) is 0 Å². The molecule has 0 saturated heterocycles. The van der Waals surface area contributed by atoms with E-state index in [1.807, 2.05) is 20.8 Å². The lowest BCUT2D eigenvalue weighted by atomic mass is 9.90. The molecule has 80 heavy (non-hydrogen) atoms. The monoisotopic (exact) mass is 1220 g/mol. The Kier molecular flexibility index (Phi) is 80.1. The molecule has 0 radical (unpaired) electrons. The predicted molar refractivity (Wildman–Crippen MR) is 309 cm³/mol. The van der Waals surface area contributed by atoms with E-state index in [9.17, 15) is 83.4 Å². The van der Waals surface area contributed by atoms with E-state index in [-0.39, 0.29) is 51.1 Å². The number of rotatable bonds is 18. The maximum absolute atomic E-state index is 11.9. The molecule has 0 amide bonds. The highest BCUT2D eigenvalue weighted by molar-refractivity contribution is 4.74. The number of hydrogen-bond donors (Lipinski definition) is 0.